The second-order valence-corrected chi connectivity index (χ2v) is 10.7. The van der Waals surface area contributed by atoms with Crippen molar-refractivity contribution in [1.82, 2.24) is 8.61 Å². The second-order valence-electron chi connectivity index (χ2n) is 6.63. The fourth-order valence-corrected chi connectivity index (χ4v) is 4.91. The lowest BCUT2D eigenvalue weighted by Crippen LogP contribution is -2.38. The van der Waals surface area contributed by atoms with Crippen molar-refractivity contribution in [3.05, 3.63) is 61.2 Å². The van der Waals surface area contributed by atoms with Crippen molar-refractivity contribution in [1.29, 1.82) is 0 Å². The highest BCUT2D eigenvalue weighted by Crippen LogP contribution is 2.21. The summed E-state index contributed by atoms with van der Waals surface area (Å²) in [6, 6.07) is 11.5. The third-order valence-electron chi connectivity index (χ3n) is 4.25. The fourth-order valence-electron chi connectivity index (χ4n) is 2.59. The SMILES string of the molecule is C=CCN(CC(=O)Nc1cccc(S(=O)(=O)N(C)C)c1)S(=O)(=O)c1ccc(OC)cc1. The minimum atomic E-state index is -3.98. The van der Waals surface area contributed by atoms with Crippen molar-refractivity contribution in [2.24, 2.45) is 0 Å². The van der Waals surface area contributed by atoms with E-state index in [0.29, 0.717) is 5.75 Å². The number of benzene rings is 2. The number of anilines is 1. The maximum Gasteiger partial charge on any atom is 0.243 e. The largest absolute Gasteiger partial charge is 0.497 e. The summed E-state index contributed by atoms with van der Waals surface area (Å²) in [7, 11) is -3.38. The number of hydrogen-bond donors (Lipinski definition) is 1. The van der Waals surface area contributed by atoms with Gasteiger partial charge in [-0.15, -0.1) is 6.58 Å². The molecule has 2 rings (SSSR count). The Morgan fingerprint density at radius 1 is 1.03 bits per heavy atom. The quantitative estimate of drug-likeness (QED) is 0.533. The van der Waals surface area contributed by atoms with Gasteiger partial charge in [0.25, 0.3) is 0 Å². The summed E-state index contributed by atoms with van der Waals surface area (Å²) in [5.41, 5.74) is 0.230. The van der Waals surface area contributed by atoms with Crippen LogP contribution in [0.1, 0.15) is 0 Å². The first kappa shape index (κ1) is 24.5. The highest BCUT2D eigenvalue weighted by atomic mass is 32.2. The molecule has 0 heterocycles. The molecule has 0 saturated carbocycles. The number of hydrogen-bond acceptors (Lipinski definition) is 6. The molecule has 9 nitrogen and oxygen atoms in total. The molecule has 0 radical (unpaired) electrons. The predicted octanol–water partition coefficient (Wildman–Crippen LogP) is 1.76. The highest BCUT2D eigenvalue weighted by Gasteiger charge is 2.26. The van der Waals surface area contributed by atoms with Crippen LogP contribution >= 0.6 is 0 Å². The smallest absolute Gasteiger partial charge is 0.243 e. The number of sulfonamides is 2. The molecule has 11 heteroatoms. The average molecular weight is 468 g/mol. The molecule has 1 N–H and O–H groups in total. The number of amides is 1. The van der Waals surface area contributed by atoms with Crippen molar-refractivity contribution in [3.8, 4) is 5.75 Å². The number of ether oxygens (including phenoxy) is 1. The van der Waals surface area contributed by atoms with Crippen LogP contribution < -0.4 is 10.1 Å². The Labute approximate surface area is 183 Å². The molecule has 2 aromatic rings. The molecule has 0 unspecified atom stereocenters. The van der Waals surface area contributed by atoms with Gasteiger partial charge in [-0.05, 0) is 42.5 Å². The molecule has 0 aliphatic heterocycles. The van der Waals surface area contributed by atoms with Crippen LogP contribution in [0.5, 0.6) is 5.75 Å². The Kier molecular flexibility index (Phi) is 7.96. The summed E-state index contributed by atoms with van der Waals surface area (Å²) in [4.78, 5) is 12.5. The van der Waals surface area contributed by atoms with E-state index in [-0.39, 0.29) is 22.0 Å². The summed E-state index contributed by atoms with van der Waals surface area (Å²) >= 11 is 0. The van der Waals surface area contributed by atoms with Crippen LogP contribution in [0.15, 0.2) is 71.0 Å². The molecule has 31 heavy (non-hydrogen) atoms. The first-order chi connectivity index (χ1) is 14.5. The van der Waals surface area contributed by atoms with Crippen LogP contribution in [0.4, 0.5) is 5.69 Å². The minimum absolute atomic E-state index is 0.00187. The predicted molar refractivity (Wildman–Crippen MR) is 118 cm³/mol. The summed E-state index contributed by atoms with van der Waals surface area (Å²) < 4.78 is 57.5. The van der Waals surface area contributed by atoms with E-state index < -0.39 is 32.5 Å². The van der Waals surface area contributed by atoms with Crippen LogP contribution in [0.25, 0.3) is 0 Å². The molecule has 0 aliphatic rings. The zero-order valence-corrected chi connectivity index (χ0v) is 19.1. The monoisotopic (exact) mass is 467 g/mol. The van der Waals surface area contributed by atoms with Crippen molar-refractivity contribution < 1.29 is 26.4 Å². The lowest BCUT2D eigenvalue weighted by Gasteiger charge is -2.20. The van der Waals surface area contributed by atoms with Crippen LogP contribution in [0.3, 0.4) is 0 Å². The Morgan fingerprint density at radius 2 is 1.68 bits per heavy atom. The standard InChI is InChI=1S/C20H25N3O6S2/c1-5-13-23(31(27,28)18-11-9-17(29-4)10-12-18)15-20(24)21-16-7-6-8-19(14-16)30(25,26)22(2)3/h5-12,14H,1,13,15H2,2-4H3,(H,21,24). The van der Waals surface area contributed by atoms with E-state index >= 15 is 0 Å². The molecule has 0 fully saturated rings. The van der Waals surface area contributed by atoms with E-state index in [1.54, 1.807) is 0 Å². The van der Waals surface area contributed by atoms with E-state index in [2.05, 4.69) is 11.9 Å². The van der Waals surface area contributed by atoms with E-state index in [4.69, 9.17) is 4.74 Å². The van der Waals surface area contributed by atoms with Crippen LogP contribution in [-0.4, -0.2) is 65.6 Å². The van der Waals surface area contributed by atoms with E-state index in [1.165, 1.54) is 75.8 Å². The maximum atomic E-state index is 12.9. The number of rotatable bonds is 10. The Bertz CT molecular complexity index is 1140. The highest BCUT2D eigenvalue weighted by molar-refractivity contribution is 7.89. The topological polar surface area (TPSA) is 113 Å². The summed E-state index contributed by atoms with van der Waals surface area (Å²) in [5.74, 6) is -0.127. The van der Waals surface area contributed by atoms with Gasteiger partial charge in [-0.25, -0.2) is 21.1 Å². The zero-order chi connectivity index (χ0) is 23.2. The fraction of sp³-hybridized carbons (Fsp3) is 0.250. The molecule has 0 bridgehead atoms. The second kappa shape index (κ2) is 10.1. The molecular weight excluding hydrogens is 442 g/mol. The van der Waals surface area contributed by atoms with Gasteiger partial charge in [-0.3, -0.25) is 4.79 Å². The summed E-state index contributed by atoms with van der Waals surface area (Å²) in [6.45, 7) is 2.98. The molecule has 1 amide bonds. The van der Waals surface area contributed by atoms with Gasteiger partial charge in [0, 0.05) is 26.3 Å². The average Bonchev–Trinajstić information content (AvgIpc) is 2.73. The third kappa shape index (κ3) is 5.91. The molecule has 0 atom stereocenters. The Morgan fingerprint density at radius 3 is 2.23 bits per heavy atom. The van der Waals surface area contributed by atoms with Gasteiger partial charge in [0.05, 0.1) is 23.4 Å². The Balaban J connectivity index is 2.22. The molecule has 0 saturated heterocycles. The molecular formula is C20H25N3O6S2. The Hall–Kier alpha value is -2.73. The lowest BCUT2D eigenvalue weighted by atomic mass is 10.3. The van der Waals surface area contributed by atoms with Crippen molar-refractivity contribution >= 4 is 31.6 Å². The summed E-state index contributed by atoms with van der Waals surface area (Å²) in [5, 5.41) is 2.54. The maximum absolute atomic E-state index is 12.9. The van der Waals surface area contributed by atoms with Crippen LogP contribution in [0.2, 0.25) is 0 Å². The number of methoxy groups -OCH3 is 1. The molecule has 2 aromatic carbocycles. The molecule has 0 aromatic heterocycles. The van der Waals surface area contributed by atoms with Gasteiger partial charge in [0.1, 0.15) is 5.75 Å². The first-order valence-electron chi connectivity index (χ1n) is 9.10. The van der Waals surface area contributed by atoms with Gasteiger partial charge < -0.3 is 10.1 Å². The van der Waals surface area contributed by atoms with Crippen molar-refractivity contribution in [2.75, 3.05) is 39.6 Å². The van der Waals surface area contributed by atoms with Crippen LogP contribution in [-0.2, 0) is 24.8 Å². The van der Waals surface area contributed by atoms with Gasteiger partial charge in [0.2, 0.25) is 26.0 Å². The van der Waals surface area contributed by atoms with E-state index in [1.807, 2.05) is 0 Å². The lowest BCUT2D eigenvalue weighted by molar-refractivity contribution is -0.116. The summed E-state index contributed by atoms with van der Waals surface area (Å²) in [6.07, 6.45) is 1.37. The van der Waals surface area contributed by atoms with Crippen molar-refractivity contribution in [3.63, 3.8) is 0 Å². The van der Waals surface area contributed by atoms with Crippen LogP contribution in [0, 0.1) is 0 Å². The van der Waals surface area contributed by atoms with E-state index in [9.17, 15) is 21.6 Å². The van der Waals surface area contributed by atoms with Gasteiger partial charge >= 0.3 is 0 Å². The van der Waals surface area contributed by atoms with Crippen molar-refractivity contribution in [2.45, 2.75) is 9.79 Å². The zero-order valence-electron chi connectivity index (χ0n) is 17.5. The third-order valence-corrected chi connectivity index (χ3v) is 7.88. The number of nitrogens with one attached hydrogen (secondary N) is 1. The number of nitrogens with zero attached hydrogens (tertiary/aromatic N) is 2. The molecule has 0 spiro atoms. The molecule has 0 aliphatic carbocycles. The number of carbonyl (C=O) groups excluding carboxylic acids is 1. The van der Waals surface area contributed by atoms with Gasteiger partial charge in [0.15, 0.2) is 0 Å². The number of carbonyl (C=O) groups is 1. The first-order valence-corrected chi connectivity index (χ1v) is 12.0. The van der Waals surface area contributed by atoms with Gasteiger partial charge in [-0.1, -0.05) is 12.1 Å². The van der Waals surface area contributed by atoms with Gasteiger partial charge in [-0.2, -0.15) is 4.31 Å². The molecule has 168 valence electrons. The van der Waals surface area contributed by atoms with E-state index in [0.717, 1.165) is 8.61 Å². The normalized spacial score (nSPS) is 12.0. The minimum Gasteiger partial charge on any atom is -0.497 e.